The summed E-state index contributed by atoms with van der Waals surface area (Å²) >= 11 is 3.43. The lowest BCUT2D eigenvalue weighted by atomic mass is 10.3. The summed E-state index contributed by atoms with van der Waals surface area (Å²) in [4.78, 5) is 8.21. The second-order valence-corrected chi connectivity index (χ2v) is 4.31. The van der Waals surface area contributed by atoms with Crippen LogP contribution in [0.3, 0.4) is 0 Å². The van der Waals surface area contributed by atoms with Crippen molar-refractivity contribution in [3.63, 3.8) is 0 Å². The number of hydrogen-bond donors (Lipinski definition) is 1. The number of benzene rings is 1. The van der Waals surface area contributed by atoms with Gasteiger partial charge in [-0.15, -0.1) is 0 Å². The maximum atomic E-state index is 5.27. The van der Waals surface area contributed by atoms with Gasteiger partial charge in [-0.3, -0.25) is 9.97 Å². The van der Waals surface area contributed by atoms with Gasteiger partial charge in [0.1, 0.15) is 5.75 Å². The van der Waals surface area contributed by atoms with E-state index in [2.05, 4.69) is 31.2 Å². The van der Waals surface area contributed by atoms with Gasteiger partial charge in [0, 0.05) is 16.9 Å². The van der Waals surface area contributed by atoms with E-state index in [1.807, 2.05) is 18.2 Å². The van der Waals surface area contributed by atoms with E-state index in [1.165, 1.54) is 0 Å². The van der Waals surface area contributed by atoms with Crippen LogP contribution in [-0.2, 0) is 6.54 Å². The number of nitrogens with one attached hydrogen (secondary N) is 1. The van der Waals surface area contributed by atoms with Crippen LogP contribution in [0, 0.1) is 0 Å². The summed E-state index contributed by atoms with van der Waals surface area (Å²) < 4.78 is 6.27. The van der Waals surface area contributed by atoms with E-state index in [0.29, 0.717) is 6.54 Å². The number of rotatable bonds is 4. The predicted molar refractivity (Wildman–Crippen MR) is 70.1 cm³/mol. The highest BCUT2D eigenvalue weighted by molar-refractivity contribution is 9.10. The van der Waals surface area contributed by atoms with Crippen LogP contribution in [0.15, 0.2) is 41.3 Å². The molecule has 0 radical (unpaired) electrons. The number of methoxy groups -OCH3 is 1. The molecule has 2 aromatic rings. The average molecular weight is 294 g/mol. The summed E-state index contributed by atoms with van der Waals surface area (Å²) in [5.74, 6) is 0.803. The van der Waals surface area contributed by atoms with Crippen LogP contribution in [0.4, 0.5) is 5.69 Å². The van der Waals surface area contributed by atoms with Gasteiger partial charge in [-0.1, -0.05) is 15.9 Å². The van der Waals surface area contributed by atoms with Crippen molar-refractivity contribution in [1.29, 1.82) is 0 Å². The molecule has 88 valence electrons. The molecule has 0 fully saturated rings. The first-order valence-corrected chi connectivity index (χ1v) is 5.91. The fourth-order valence-electron chi connectivity index (χ4n) is 1.43. The molecule has 1 aromatic heterocycles. The minimum Gasteiger partial charge on any atom is -0.495 e. The topological polar surface area (TPSA) is 47.0 Å². The van der Waals surface area contributed by atoms with E-state index in [9.17, 15) is 0 Å². The molecule has 5 heteroatoms. The third kappa shape index (κ3) is 3.17. The molecule has 0 aliphatic heterocycles. The molecular formula is C12H12BrN3O. The Labute approximate surface area is 108 Å². The summed E-state index contributed by atoms with van der Waals surface area (Å²) in [5, 5.41) is 3.26. The van der Waals surface area contributed by atoms with Gasteiger partial charge in [0.15, 0.2) is 0 Å². The normalized spacial score (nSPS) is 10.0. The molecule has 0 aliphatic carbocycles. The van der Waals surface area contributed by atoms with E-state index in [0.717, 1.165) is 21.6 Å². The number of aromatic nitrogens is 2. The van der Waals surface area contributed by atoms with Crippen LogP contribution < -0.4 is 10.1 Å². The molecular weight excluding hydrogens is 282 g/mol. The highest BCUT2D eigenvalue weighted by Gasteiger charge is 2.03. The van der Waals surface area contributed by atoms with Gasteiger partial charge in [0.2, 0.25) is 0 Å². The molecule has 0 saturated carbocycles. The van der Waals surface area contributed by atoms with Gasteiger partial charge in [0.05, 0.1) is 31.2 Å². The summed E-state index contributed by atoms with van der Waals surface area (Å²) in [7, 11) is 1.65. The minimum absolute atomic E-state index is 0.612. The highest BCUT2D eigenvalue weighted by atomic mass is 79.9. The third-order valence-electron chi connectivity index (χ3n) is 2.24. The zero-order valence-corrected chi connectivity index (χ0v) is 10.9. The summed E-state index contributed by atoms with van der Waals surface area (Å²) in [6, 6.07) is 5.81. The zero-order chi connectivity index (χ0) is 12.1. The van der Waals surface area contributed by atoms with Crippen molar-refractivity contribution in [2.24, 2.45) is 0 Å². The van der Waals surface area contributed by atoms with Crippen LogP contribution in [-0.4, -0.2) is 17.1 Å². The Balaban J connectivity index is 2.11. The standard InChI is InChI=1S/C12H12BrN3O/c1-17-12-3-2-9(13)6-11(12)16-8-10-7-14-4-5-15-10/h2-7,16H,8H2,1H3. The molecule has 1 heterocycles. The molecule has 0 saturated heterocycles. The summed E-state index contributed by atoms with van der Waals surface area (Å²) in [6.07, 6.45) is 5.07. The van der Waals surface area contributed by atoms with Crippen LogP contribution in [0.2, 0.25) is 0 Å². The molecule has 0 spiro atoms. The van der Waals surface area contributed by atoms with Gasteiger partial charge >= 0.3 is 0 Å². The van der Waals surface area contributed by atoms with Crippen LogP contribution in [0.5, 0.6) is 5.75 Å². The first-order valence-electron chi connectivity index (χ1n) is 5.12. The molecule has 0 atom stereocenters. The molecule has 2 rings (SSSR count). The quantitative estimate of drug-likeness (QED) is 0.942. The number of anilines is 1. The minimum atomic E-state index is 0.612. The Kier molecular flexibility index (Phi) is 3.93. The van der Waals surface area contributed by atoms with Crippen molar-refractivity contribution < 1.29 is 4.74 Å². The molecule has 1 aromatic carbocycles. The van der Waals surface area contributed by atoms with Gasteiger partial charge in [0.25, 0.3) is 0 Å². The molecule has 0 amide bonds. The number of nitrogens with zero attached hydrogens (tertiary/aromatic N) is 2. The lowest BCUT2D eigenvalue weighted by Crippen LogP contribution is -2.03. The van der Waals surface area contributed by atoms with Crippen molar-refractivity contribution >= 4 is 21.6 Å². The second-order valence-electron chi connectivity index (χ2n) is 3.39. The Morgan fingerprint density at radius 2 is 2.24 bits per heavy atom. The van der Waals surface area contributed by atoms with Crippen molar-refractivity contribution in [3.05, 3.63) is 47.0 Å². The monoisotopic (exact) mass is 293 g/mol. The summed E-state index contributed by atoms with van der Waals surface area (Å²) in [5.41, 5.74) is 1.81. The first-order chi connectivity index (χ1) is 8.29. The SMILES string of the molecule is COc1ccc(Br)cc1NCc1cnccn1. The summed E-state index contributed by atoms with van der Waals surface area (Å²) in [6.45, 7) is 0.612. The molecule has 0 unspecified atom stereocenters. The first kappa shape index (κ1) is 11.9. The fourth-order valence-corrected chi connectivity index (χ4v) is 1.79. The number of hydrogen-bond acceptors (Lipinski definition) is 4. The number of halogens is 1. The Morgan fingerprint density at radius 1 is 1.35 bits per heavy atom. The third-order valence-corrected chi connectivity index (χ3v) is 2.73. The van der Waals surface area contributed by atoms with Gasteiger partial charge in [-0.2, -0.15) is 0 Å². The maximum absolute atomic E-state index is 5.27. The molecule has 1 N–H and O–H groups in total. The van der Waals surface area contributed by atoms with Crippen molar-refractivity contribution in [3.8, 4) is 5.75 Å². The van der Waals surface area contributed by atoms with Gasteiger partial charge in [-0.05, 0) is 18.2 Å². The fraction of sp³-hybridized carbons (Fsp3) is 0.167. The van der Waals surface area contributed by atoms with Crippen molar-refractivity contribution in [2.75, 3.05) is 12.4 Å². The van der Waals surface area contributed by atoms with E-state index in [1.54, 1.807) is 25.7 Å². The Bertz CT molecular complexity index is 490. The average Bonchev–Trinajstić information content (AvgIpc) is 2.38. The van der Waals surface area contributed by atoms with Crippen LogP contribution in [0.25, 0.3) is 0 Å². The van der Waals surface area contributed by atoms with Gasteiger partial charge in [-0.25, -0.2) is 0 Å². The van der Waals surface area contributed by atoms with Gasteiger partial charge < -0.3 is 10.1 Å². The molecule has 0 bridgehead atoms. The largest absolute Gasteiger partial charge is 0.495 e. The highest BCUT2D eigenvalue weighted by Crippen LogP contribution is 2.28. The Morgan fingerprint density at radius 3 is 2.94 bits per heavy atom. The number of ether oxygens (including phenoxy) is 1. The molecule has 17 heavy (non-hydrogen) atoms. The maximum Gasteiger partial charge on any atom is 0.142 e. The smallest absolute Gasteiger partial charge is 0.142 e. The van der Waals surface area contributed by atoms with Crippen LogP contribution in [0.1, 0.15) is 5.69 Å². The molecule has 0 aliphatic rings. The van der Waals surface area contributed by atoms with Crippen molar-refractivity contribution in [2.45, 2.75) is 6.54 Å². The predicted octanol–water partition coefficient (Wildman–Crippen LogP) is 2.86. The van der Waals surface area contributed by atoms with E-state index in [-0.39, 0.29) is 0 Å². The van der Waals surface area contributed by atoms with Crippen LogP contribution >= 0.6 is 15.9 Å². The van der Waals surface area contributed by atoms with E-state index >= 15 is 0 Å². The lowest BCUT2D eigenvalue weighted by molar-refractivity contribution is 0.416. The Hall–Kier alpha value is -1.62. The van der Waals surface area contributed by atoms with E-state index < -0.39 is 0 Å². The molecule has 4 nitrogen and oxygen atoms in total. The van der Waals surface area contributed by atoms with E-state index in [4.69, 9.17) is 4.74 Å². The lowest BCUT2D eigenvalue weighted by Gasteiger charge is -2.10. The van der Waals surface area contributed by atoms with Crippen molar-refractivity contribution in [1.82, 2.24) is 9.97 Å². The zero-order valence-electron chi connectivity index (χ0n) is 9.35. The second kappa shape index (κ2) is 5.63.